The van der Waals surface area contributed by atoms with Gasteiger partial charge in [-0.15, -0.1) is 0 Å². The molecule has 0 saturated heterocycles. The lowest BCUT2D eigenvalue weighted by Gasteiger charge is -2.17. The Morgan fingerprint density at radius 2 is 1.86 bits per heavy atom. The van der Waals surface area contributed by atoms with Crippen molar-refractivity contribution in [1.29, 1.82) is 0 Å². The molecule has 8 heteroatoms. The molecule has 2 rings (SSSR count). The maximum absolute atomic E-state index is 14.1. The highest BCUT2D eigenvalue weighted by Gasteiger charge is 2.27. The van der Waals surface area contributed by atoms with E-state index >= 15 is 0 Å². The van der Waals surface area contributed by atoms with Gasteiger partial charge in [-0.05, 0) is 34.8 Å². The average molecular weight is 400 g/mol. The molecule has 1 aromatic carbocycles. The summed E-state index contributed by atoms with van der Waals surface area (Å²) >= 11 is 8.91. The van der Waals surface area contributed by atoms with Crippen molar-refractivity contribution in [1.82, 2.24) is 4.72 Å². The van der Waals surface area contributed by atoms with Crippen LogP contribution in [0.2, 0.25) is 5.02 Å². The van der Waals surface area contributed by atoms with E-state index in [1.807, 2.05) is 0 Å². The summed E-state index contributed by atoms with van der Waals surface area (Å²) in [5.74, 6) is -0.979. The van der Waals surface area contributed by atoms with Gasteiger partial charge in [0.1, 0.15) is 4.90 Å². The van der Waals surface area contributed by atoms with E-state index in [2.05, 4.69) is 20.7 Å². The van der Waals surface area contributed by atoms with Crippen molar-refractivity contribution >= 4 is 43.2 Å². The first-order valence-electron chi connectivity index (χ1n) is 6.78. The minimum absolute atomic E-state index is 0.0649. The lowest BCUT2D eigenvalue weighted by molar-refractivity contribution is 0.504. The van der Waals surface area contributed by atoms with Gasteiger partial charge in [0.15, 0.2) is 5.82 Å². The van der Waals surface area contributed by atoms with Gasteiger partial charge >= 0.3 is 0 Å². The van der Waals surface area contributed by atoms with Crippen LogP contribution in [0.1, 0.15) is 38.5 Å². The third kappa shape index (κ3) is 3.88. The molecule has 1 saturated carbocycles. The Bertz CT molecular complexity index is 632. The summed E-state index contributed by atoms with van der Waals surface area (Å²) < 4.78 is 41.6. The predicted octanol–water partition coefficient (Wildman–Crippen LogP) is 3.82. The molecule has 0 bridgehead atoms. The van der Waals surface area contributed by atoms with Crippen LogP contribution in [0.15, 0.2) is 15.4 Å². The molecular weight excluding hydrogens is 383 g/mol. The maximum Gasteiger partial charge on any atom is 0.243 e. The molecule has 1 fully saturated rings. The lowest BCUT2D eigenvalue weighted by atomic mass is 10.1. The quantitative estimate of drug-likeness (QED) is 0.461. The summed E-state index contributed by atoms with van der Waals surface area (Å²) in [6.07, 6.45) is 5.67. The highest BCUT2D eigenvalue weighted by Crippen LogP contribution is 2.35. The molecule has 0 heterocycles. The number of nitrogens with one attached hydrogen (secondary N) is 1. The molecular formula is C13H17BrClFN2O2S. The highest BCUT2D eigenvalue weighted by atomic mass is 79.9. The molecule has 4 nitrogen and oxygen atoms in total. The Morgan fingerprint density at radius 1 is 1.29 bits per heavy atom. The largest absolute Gasteiger partial charge is 0.395 e. The van der Waals surface area contributed by atoms with Crippen molar-refractivity contribution in [2.45, 2.75) is 49.5 Å². The molecule has 3 N–H and O–H groups in total. The van der Waals surface area contributed by atoms with Crippen LogP contribution in [0.4, 0.5) is 10.1 Å². The standard InChI is InChI=1S/C13H17BrClFN2O2S/c14-11-9(15)7-10(12(16)13(11)17)21(19,20)18-8-5-3-1-2-4-6-8/h7-8,18H,1-6,17H2. The van der Waals surface area contributed by atoms with Gasteiger partial charge in [0.2, 0.25) is 10.0 Å². The Balaban J connectivity index is 2.31. The number of hydrogen-bond donors (Lipinski definition) is 2. The summed E-state index contributed by atoms with van der Waals surface area (Å²) in [6.45, 7) is 0. The Morgan fingerprint density at radius 3 is 2.43 bits per heavy atom. The van der Waals surface area contributed by atoms with E-state index < -0.39 is 20.7 Å². The van der Waals surface area contributed by atoms with Crippen LogP contribution >= 0.6 is 27.5 Å². The van der Waals surface area contributed by atoms with Crippen molar-refractivity contribution in [2.75, 3.05) is 5.73 Å². The molecule has 0 amide bonds. The number of anilines is 1. The summed E-state index contributed by atoms with van der Waals surface area (Å²) in [7, 11) is -3.98. The first-order chi connectivity index (χ1) is 9.83. The summed E-state index contributed by atoms with van der Waals surface area (Å²) in [4.78, 5) is -0.502. The van der Waals surface area contributed by atoms with Crippen LogP contribution in [0.5, 0.6) is 0 Å². The maximum atomic E-state index is 14.1. The molecule has 118 valence electrons. The predicted molar refractivity (Wildman–Crippen MR) is 85.3 cm³/mol. The number of hydrogen-bond acceptors (Lipinski definition) is 3. The van der Waals surface area contributed by atoms with Crippen molar-refractivity contribution in [2.24, 2.45) is 0 Å². The third-order valence-corrected chi connectivity index (χ3v) is 6.52. The van der Waals surface area contributed by atoms with Crippen molar-refractivity contribution < 1.29 is 12.8 Å². The fourth-order valence-corrected chi connectivity index (χ4v) is 4.46. The number of sulfonamides is 1. The van der Waals surface area contributed by atoms with Crippen molar-refractivity contribution in [3.05, 3.63) is 21.4 Å². The van der Waals surface area contributed by atoms with Gasteiger partial charge in [-0.25, -0.2) is 17.5 Å². The second-order valence-corrected chi connectivity index (χ2v) is 8.09. The number of nitrogens with two attached hydrogens (primary N) is 1. The van der Waals surface area contributed by atoms with Gasteiger partial charge < -0.3 is 5.73 Å². The van der Waals surface area contributed by atoms with E-state index in [1.54, 1.807) is 0 Å². The van der Waals surface area contributed by atoms with Gasteiger partial charge in [-0.1, -0.05) is 37.3 Å². The van der Waals surface area contributed by atoms with Crippen LogP contribution in [0.3, 0.4) is 0 Å². The first-order valence-corrected chi connectivity index (χ1v) is 9.43. The van der Waals surface area contributed by atoms with E-state index in [9.17, 15) is 12.8 Å². The van der Waals surface area contributed by atoms with Crippen LogP contribution in [0.25, 0.3) is 0 Å². The van der Waals surface area contributed by atoms with E-state index in [0.717, 1.165) is 44.6 Å². The molecule has 0 aliphatic heterocycles. The summed E-state index contributed by atoms with van der Waals surface area (Å²) in [5, 5.41) is 0.0649. The Hall–Kier alpha value is -0.370. The second-order valence-electron chi connectivity index (χ2n) is 5.21. The average Bonchev–Trinajstić information content (AvgIpc) is 2.68. The third-order valence-electron chi connectivity index (χ3n) is 3.62. The molecule has 0 spiro atoms. The lowest BCUT2D eigenvalue weighted by Crippen LogP contribution is -2.35. The van der Waals surface area contributed by atoms with Crippen molar-refractivity contribution in [3.63, 3.8) is 0 Å². The number of nitrogen functional groups attached to an aromatic ring is 1. The molecule has 1 aliphatic rings. The Kier molecular flexibility index (Phi) is 5.51. The van der Waals surface area contributed by atoms with E-state index in [-0.39, 0.29) is 21.2 Å². The second kappa shape index (κ2) is 6.81. The number of benzene rings is 1. The summed E-state index contributed by atoms with van der Waals surface area (Å²) in [6, 6.07) is 0.914. The molecule has 0 unspecified atom stereocenters. The van der Waals surface area contributed by atoms with Gasteiger partial charge in [0, 0.05) is 6.04 Å². The number of halogens is 3. The van der Waals surface area contributed by atoms with E-state index in [0.29, 0.717) is 0 Å². The monoisotopic (exact) mass is 398 g/mol. The molecule has 0 atom stereocenters. The van der Waals surface area contributed by atoms with Gasteiger partial charge in [-0.2, -0.15) is 0 Å². The van der Waals surface area contributed by atoms with Gasteiger partial charge in [-0.3, -0.25) is 0 Å². The van der Waals surface area contributed by atoms with Crippen LogP contribution in [-0.2, 0) is 10.0 Å². The molecule has 0 radical (unpaired) electrons. The normalized spacial score (nSPS) is 17.7. The number of rotatable bonds is 3. The molecule has 1 aliphatic carbocycles. The smallest absolute Gasteiger partial charge is 0.243 e. The highest BCUT2D eigenvalue weighted by molar-refractivity contribution is 9.10. The Labute approximate surface area is 137 Å². The summed E-state index contributed by atoms with van der Waals surface area (Å²) in [5.41, 5.74) is 5.24. The molecule has 21 heavy (non-hydrogen) atoms. The topological polar surface area (TPSA) is 72.2 Å². The SMILES string of the molecule is Nc1c(F)c(S(=O)(=O)NC2CCCCCC2)cc(Cl)c1Br. The molecule has 0 aromatic heterocycles. The first kappa shape index (κ1) is 17.0. The van der Waals surface area contributed by atoms with E-state index in [1.165, 1.54) is 0 Å². The minimum Gasteiger partial charge on any atom is -0.395 e. The minimum atomic E-state index is -3.98. The zero-order valence-corrected chi connectivity index (χ0v) is 14.5. The molecule has 1 aromatic rings. The zero-order valence-electron chi connectivity index (χ0n) is 11.3. The van der Waals surface area contributed by atoms with Crippen LogP contribution < -0.4 is 10.5 Å². The van der Waals surface area contributed by atoms with Crippen molar-refractivity contribution in [3.8, 4) is 0 Å². The van der Waals surface area contributed by atoms with E-state index in [4.69, 9.17) is 17.3 Å². The zero-order chi connectivity index (χ0) is 15.6. The van der Waals surface area contributed by atoms with Gasteiger partial charge in [0.25, 0.3) is 0 Å². The van der Waals surface area contributed by atoms with Crippen LogP contribution in [-0.4, -0.2) is 14.5 Å². The fourth-order valence-electron chi connectivity index (χ4n) is 2.48. The van der Waals surface area contributed by atoms with Gasteiger partial charge in [0.05, 0.1) is 15.2 Å². The van der Waals surface area contributed by atoms with Crippen LogP contribution in [0, 0.1) is 5.82 Å². The fraction of sp³-hybridized carbons (Fsp3) is 0.538.